The van der Waals surface area contributed by atoms with Crippen molar-refractivity contribution in [3.63, 3.8) is 0 Å². The molecule has 0 aromatic rings. The molecule has 0 radical (unpaired) electrons. The van der Waals surface area contributed by atoms with Gasteiger partial charge in [0, 0.05) is 25.7 Å². The third kappa shape index (κ3) is 74.1. The Morgan fingerprint density at radius 1 is 0.273 bits per heavy atom. The molecule has 17 nitrogen and oxygen atoms in total. The zero-order valence-electron chi connectivity index (χ0n) is 64.6. The highest BCUT2D eigenvalue weighted by Gasteiger charge is 2.30. The van der Waals surface area contributed by atoms with Crippen LogP contribution in [0, 0.1) is 5.92 Å². The summed E-state index contributed by atoms with van der Waals surface area (Å²) in [6.45, 7) is 7.27. The minimum Gasteiger partial charge on any atom is -0.462 e. The SMILES string of the molecule is CCCCCCCCCCCCCCCCCCCCC(=O)OC[C@H](COP(=O)(O)OC[C@@H](O)COP(=O)(O)OC[C@@H](COC(=O)CCCCCCC)OC(=O)CCCCCCCCCCCCCCCCC)OC(=O)CCCCCCCCCCCCCCCCCCCCC(C)C. The van der Waals surface area contributed by atoms with Crippen molar-refractivity contribution in [1.29, 1.82) is 0 Å². The highest BCUT2D eigenvalue weighted by Crippen LogP contribution is 2.45. The summed E-state index contributed by atoms with van der Waals surface area (Å²) in [5.74, 6) is -1.30. The third-order valence-corrected chi connectivity index (χ3v) is 20.7. The quantitative estimate of drug-likeness (QED) is 0.0222. The fourth-order valence-corrected chi connectivity index (χ4v) is 14.0. The Morgan fingerprint density at radius 2 is 0.465 bits per heavy atom. The van der Waals surface area contributed by atoms with Crippen molar-refractivity contribution in [1.82, 2.24) is 0 Å². The lowest BCUT2D eigenvalue weighted by molar-refractivity contribution is -0.161. The maximum atomic E-state index is 13.1. The molecule has 99 heavy (non-hydrogen) atoms. The van der Waals surface area contributed by atoms with Gasteiger partial charge < -0.3 is 33.8 Å². The second kappa shape index (κ2) is 73.0. The van der Waals surface area contributed by atoms with Crippen molar-refractivity contribution in [3.05, 3.63) is 0 Å². The predicted molar refractivity (Wildman–Crippen MR) is 405 cm³/mol. The summed E-state index contributed by atoms with van der Waals surface area (Å²) in [6, 6.07) is 0. The monoisotopic (exact) mass is 1450 g/mol. The van der Waals surface area contributed by atoms with Crippen LogP contribution in [0.5, 0.6) is 0 Å². The summed E-state index contributed by atoms with van der Waals surface area (Å²) >= 11 is 0. The molecule has 0 saturated carbocycles. The molecule has 0 aliphatic heterocycles. The summed E-state index contributed by atoms with van der Waals surface area (Å²) in [5.41, 5.74) is 0. The number of ether oxygens (including phenoxy) is 4. The first-order valence-corrected chi connectivity index (χ1v) is 44.6. The third-order valence-electron chi connectivity index (χ3n) is 18.8. The second-order valence-electron chi connectivity index (χ2n) is 29.3. The molecule has 0 aromatic heterocycles. The lowest BCUT2D eigenvalue weighted by atomic mass is 10.0. The number of rotatable bonds is 80. The van der Waals surface area contributed by atoms with E-state index in [0.29, 0.717) is 25.7 Å². The fraction of sp³-hybridized carbons (Fsp3) is 0.950. The molecule has 0 aliphatic carbocycles. The van der Waals surface area contributed by atoms with Gasteiger partial charge in [-0.25, -0.2) is 9.13 Å². The van der Waals surface area contributed by atoms with E-state index in [-0.39, 0.29) is 25.7 Å². The first-order chi connectivity index (χ1) is 48.0. The van der Waals surface area contributed by atoms with Gasteiger partial charge in [-0.1, -0.05) is 375 Å². The van der Waals surface area contributed by atoms with E-state index in [1.165, 1.54) is 244 Å². The van der Waals surface area contributed by atoms with Crippen molar-refractivity contribution in [2.45, 2.75) is 445 Å². The van der Waals surface area contributed by atoms with Gasteiger partial charge in [0.15, 0.2) is 12.2 Å². The molecular formula is C80H156O17P2. The van der Waals surface area contributed by atoms with Crippen LogP contribution in [0.15, 0.2) is 0 Å². The number of hydrogen-bond acceptors (Lipinski definition) is 15. The average molecular weight is 1450 g/mol. The molecule has 588 valence electrons. The molecule has 0 aliphatic rings. The van der Waals surface area contributed by atoms with Crippen LogP contribution in [0.2, 0.25) is 0 Å². The Morgan fingerprint density at radius 3 is 0.687 bits per heavy atom. The lowest BCUT2D eigenvalue weighted by Gasteiger charge is -2.21. The Bertz CT molecular complexity index is 1890. The van der Waals surface area contributed by atoms with Gasteiger partial charge in [-0.05, 0) is 31.6 Å². The van der Waals surface area contributed by atoms with Crippen molar-refractivity contribution in [2.24, 2.45) is 5.92 Å². The van der Waals surface area contributed by atoms with E-state index in [1.54, 1.807) is 0 Å². The normalized spacial score (nSPS) is 13.9. The molecule has 3 N–H and O–H groups in total. The molecule has 19 heteroatoms. The molecule has 2 unspecified atom stereocenters. The van der Waals surface area contributed by atoms with Crippen LogP contribution >= 0.6 is 15.6 Å². The molecule has 0 rings (SSSR count). The van der Waals surface area contributed by atoms with Crippen LogP contribution in [0.25, 0.3) is 0 Å². The molecule has 0 heterocycles. The van der Waals surface area contributed by atoms with E-state index >= 15 is 0 Å². The average Bonchev–Trinajstić information content (AvgIpc) is 1.15. The van der Waals surface area contributed by atoms with Crippen molar-refractivity contribution in [3.8, 4) is 0 Å². The number of carbonyl (C=O) groups excluding carboxylic acids is 4. The zero-order valence-corrected chi connectivity index (χ0v) is 66.4. The molecule has 0 aromatic carbocycles. The Kier molecular flexibility index (Phi) is 71.6. The number of esters is 4. The minimum absolute atomic E-state index is 0.108. The van der Waals surface area contributed by atoms with Crippen molar-refractivity contribution < 1.29 is 80.2 Å². The zero-order chi connectivity index (χ0) is 72.7. The maximum Gasteiger partial charge on any atom is 0.472 e. The van der Waals surface area contributed by atoms with Crippen molar-refractivity contribution in [2.75, 3.05) is 39.6 Å². The summed E-state index contributed by atoms with van der Waals surface area (Å²) in [6.07, 6.45) is 64.3. The number of phosphoric ester groups is 2. The Hall–Kier alpha value is -1.94. The standard InChI is InChI=1S/C80H156O17P2/c1-6-9-12-15-17-19-21-23-25-26-30-34-37-41-45-49-54-59-64-78(83)91-70-76(97-80(85)66-61-56-51-47-43-39-35-31-28-27-29-33-36-40-44-48-53-57-62-73(4)5)72-95-99(88,89)93-68-74(81)67-92-98(86,87)94-71-75(69-90-77(82)63-58-52-14-11-8-3)96-79(84)65-60-55-50-46-42-38-32-24-22-20-18-16-13-10-7-2/h73-76,81H,6-72H2,1-5H3,(H,86,87)(H,88,89)/t74-,75+,76+/m0/s1. The number of aliphatic hydroxyl groups is 1. The van der Waals surface area contributed by atoms with Gasteiger partial charge in [-0.3, -0.25) is 37.3 Å². The van der Waals surface area contributed by atoms with Crippen LogP contribution in [0.4, 0.5) is 0 Å². The van der Waals surface area contributed by atoms with Gasteiger partial charge in [0.1, 0.15) is 19.3 Å². The minimum atomic E-state index is -4.96. The fourth-order valence-electron chi connectivity index (χ4n) is 12.4. The largest absolute Gasteiger partial charge is 0.472 e. The van der Waals surface area contributed by atoms with E-state index in [4.69, 9.17) is 37.0 Å². The number of phosphoric acid groups is 2. The molecule has 0 spiro atoms. The highest BCUT2D eigenvalue weighted by molar-refractivity contribution is 7.47. The Balaban J connectivity index is 5.12. The van der Waals surface area contributed by atoms with Gasteiger partial charge in [0.25, 0.3) is 0 Å². The summed E-state index contributed by atoms with van der Waals surface area (Å²) in [7, 11) is -9.91. The highest BCUT2D eigenvalue weighted by atomic mass is 31.2. The van der Waals surface area contributed by atoms with Crippen LogP contribution in [0.3, 0.4) is 0 Å². The first-order valence-electron chi connectivity index (χ1n) is 41.6. The van der Waals surface area contributed by atoms with Crippen LogP contribution in [-0.4, -0.2) is 96.7 Å². The Labute approximate surface area is 607 Å². The molecule has 5 atom stereocenters. The van der Waals surface area contributed by atoms with Crippen LogP contribution in [-0.2, 0) is 65.4 Å². The second-order valence-corrected chi connectivity index (χ2v) is 32.2. The maximum absolute atomic E-state index is 13.1. The predicted octanol–water partition coefficient (Wildman–Crippen LogP) is 24.0. The lowest BCUT2D eigenvalue weighted by Crippen LogP contribution is -2.30. The molecule has 0 amide bonds. The van der Waals surface area contributed by atoms with E-state index < -0.39 is 97.5 Å². The number of aliphatic hydroxyl groups excluding tert-OH is 1. The van der Waals surface area contributed by atoms with E-state index in [1.807, 2.05) is 0 Å². The van der Waals surface area contributed by atoms with Gasteiger partial charge in [0.05, 0.1) is 26.4 Å². The summed E-state index contributed by atoms with van der Waals surface area (Å²) in [5, 5.41) is 10.6. The number of unbranched alkanes of at least 4 members (excludes halogenated alkanes) is 52. The molecule has 0 fully saturated rings. The summed E-state index contributed by atoms with van der Waals surface area (Å²) in [4.78, 5) is 72.7. The van der Waals surface area contributed by atoms with E-state index in [0.717, 1.165) is 102 Å². The van der Waals surface area contributed by atoms with E-state index in [2.05, 4.69) is 34.6 Å². The van der Waals surface area contributed by atoms with Crippen molar-refractivity contribution >= 4 is 39.5 Å². The van der Waals surface area contributed by atoms with Gasteiger partial charge in [-0.2, -0.15) is 0 Å². The molecule has 0 bridgehead atoms. The smallest absolute Gasteiger partial charge is 0.462 e. The molecular weight excluding hydrogens is 1290 g/mol. The van der Waals surface area contributed by atoms with E-state index in [9.17, 15) is 43.2 Å². The topological polar surface area (TPSA) is 237 Å². The van der Waals surface area contributed by atoms with Crippen LogP contribution < -0.4 is 0 Å². The van der Waals surface area contributed by atoms with Gasteiger partial charge >= 0.3 is 39.5 Å². The van der Waals surface area contributed by atoms with Gasteiger partial charge in [-0.15, -0.1) is 0 Å². The van der Waals surface area contributed by atoms with Crippen LogP contribution in [0.1, 0.15) is 426 Å². The number of carbonyl (C=O) groups is 4. The molecule has 0 saturated heterocycles. The van der Waals surface area contributed by atoms with Gasteiger partial charge in [0.2, 0.25) is 0 Å². The summed E-state index contributed by atoms with van der Waals surface area (Å²) < 4.78 is 68.4. The first kappa shape index (κ1) is 97.1. The number of hydrogen-bond donors (Lipinski definition) is 3.